The minimum absolute atomic E-state index is 0.139. The quantitative estimate of drug-likeness (QED) is 0.526. The van der Waals surface area contributed by atoms with Crippen molar-refractivity contribution in [2.75, 3.05) is 13.7 Å². The molecule has 1 unspecified atom stereocenters. The summed E-state index contributed by atoms with van der Waals surface area (Å²) >= 11 is 0. The van der Waals surface area contributed by atoms with Gasteiger partial charge in [-0.15, -0.1) is 0 Å². The fraction of sp³-hybridized carbons (Fsp3) is 1.00. The Balaban J connectivity index is 3.07. The molecule has 3 nitrogen and oxygen atoms in total. The van der Waals surface area contributed by atoms with E-state index in [1.807, 2.05) is 12.4 Å². The number of hydrogen-bond donors (Lipinski definition) is 2. The van der Waals surface area contributed by atoms with Crippen molar-refractivity contribution in [1.29, 1.82) is 0 Å². The van der Waals surface area contributed by atoms with Gasteiger partial charge in [0, 0.05) is 13.7 Å². The maximum Gasteiger partial charge on any atom is 0.0716 e. The fourth-order valence-corrected chi connectivity index (χ4v) is 0.496. The lowest BCUT2D eigenvalue weighted by molar-refractivity contribution is 0.0544. The number of hydroxylamine groups is 1. The molecule has 0 aromatic carbocycles. The molecule has 0 aliphatic rings. The molecule has 0 aromatic heterocycles. The zero-order chi connectivity index (χ0) is 6.41. The summed E-state index contributed by atoms with van der Waals surface area (Å²) in [4.78, 5) is 0. The van der Waals surface area contributed by atoms with Crippen molar-refractivity contribution in [1.82, 2.24) is 5.48 Å². The summed E-state index contributed by atoms with van der Waals surface area (Å²) in [7, 11) is 1.63. The molecule has 0 bridgehead atoms. The summed E-state index contributed by atoms with van der Waals surface area (Å²) < 4.78 is 4.92. The van der Waals surface area contributed by atoms with Crippen LogP contribution in [0.15, 0.2) is 0 Å². The monoisotopic (exact) mass is 119 g/mol. The van der Waals surface area contributed by atoms with Crippen LogP contribution in [0.2, 0.25) is 0 Å². The first-order valence-electron chi connectivity index (χ1n) is 2.74. The van der Waals surface area contributed by atoms with E-state index in [2.05, 4.69) is 0 Å². The summed E-state index contributed by atoms with van der Waals surface area (Å²) in [5.41, 5.74) is 2.04. The van der Waals surface area contributed by atoms with Crippen LogP contribution < -0.4 is 5.48 Å². The van der Waals surface area contributed by atoms with Crippen molar-refractivity contribution < 1.29 is 9.94 Å². The molecule has 0 rings (SSSR count). The van der Waals surface area contributed by atoms with Gasteiger partial charge in [-0.1, -0.05) is 6.92 Å². The third-order valence-corrected chi connectivity index (χ3v) is 1.11. The number of rotatable bonds is 4. The van der Waals surface area contributed by atoms with Crippen molar-refractivity contribution in [2.24, 2.45) is 0 Å². The van der Waals surface area contributed by atoms with Gasteiger partial charge in [-0.25, -0.2) is 5.48 Å². The van der Waals surface area contributed by atoms with E-state index in [4.69, 9.17) is 9.94 Å². The second kappa shape index (κ2) is 5.03. The third-order valence-electron chi connectivity index (χ3n) is 1.11. The third kappa shape index (κ3) is 2.96. The Morgan fingerprint density at radius 2 is 2.38 bits per heavy atom. The molecule has 0 heterocycles. The van der Waals surface area contributed by atoms with Crippen LogP contribution in [0.1, 0.15) is 13.3 Å². The maximum absolute atomic E-state index is 8.17. The second-order valence-corrected chi connectivity index (χ2v) is 1.63. The molecule has 0 radical (unpaired) electrons. The highest BCUT2D eigenvalue weighted by molar-refractivity contribution is 4.52. The highest BCUT2D eigenvalue weighted by Gasteiger charge is 1.99. The van der Waals surface area contributed by atoms with Gasteiger partial charge in [-0.2, -0.15) is 0 Å². The van der Waals surface area contributed by atoms with Gasteiger partial charge >= 0.3 is 0 Å². The Morgan fingerprint density at radius 1 is 1.75 bits per heavy atom. The summed E-state index contributed by atoms with van der Waals surface area (Å²) in [5, 5.41) is 8.17. The van der Waals surface area contributed by atoms with Gasteiger partial charge in [0.15, 0.2) is 0 Å². The number of hydrogen-bond acceptors (Lipinski definition) is 3. The van der Waals surface area contributed by atoms with Crippen LogP contribution in [0.4, 0.5) is 0 Å². The first-order chi connectivity index (χ1) is 3.85. The second-order valence-electron chi connectivity index (χ2n) is 1.63. The predicted molar refractivity (Wildman–Crippen MR) is 30.9 cm³/mol. The van der Waals surface area contributed by atoms with E-state index in [-0.39, 0.29) is 6.10 Å². The predicted octanol–water partition coefficient (Wildman–Crippen LogP) is 0.390. The minimum Gasteiger partial charge on any atom is -0.380 e. The van der Waals surface area contributed by atoms with E-state index in [1.165, 1.54) is 0 Å². The molecule has 0 aromatic rings. The normalized spacial score (nSPS) is 13.9. The van der Waals surface area contributed by atoms with Crippen LogP contribution >= 0.6 is 0 Å². The standard InChI is InChI=1S/C5H13NO2/c1-3-5(8-2)4-6-7/h5-7H,3-4H2,1-2H3. The molecule has 2 N–H and O–H groups in total. The van der Waals surface area contributed by atoms with Crippen LogP contribution in [0, 0.1) is 0 Å². The molecule has 8 heavy (non-hydrogen) atoms. The summed E-state index contributed by atoms with van der Waals surface area (Å²) in [6, 6.07) is 0. The largest absolute Gasteiger partial charge is 0.380 e. The first kappa shape index (κ1) is 7.88. The molecule has 0 spiro atoms. The van der Waals surface area contributed by atoms with Gasteiger partial charge in [0.1, 0.15) is 0 Å². The van der Waals surface area contributed by atoms with Gasteiger partial charge < -0.3 is 9.94 Å². The van der Waals surface area contributed by atoms with Gasteiger partial charge in [0.25, 0.3) is 0 Å². The van der Waals surface area contributed by atoms with Crippen molar-refractivity contribution >= 4 is 0 Å². The average Bonchev–Trinajstić information content (AvgIpc) is 1.83. The SMILES string of the molecule is CCC(CNO)OC. The van der Waals surface area contributed by atoms with Crippen molar-refractivity contribution in [3.63, 3.8) is 0 Å². The van der Waals surface area contributed by atoms with Crippen LogP contribution in [0.25, 0.3) is 0 Å². The molecular formula is C5H13NO2. The lowest BCUT2D eigenvalue weighted by atomic mass is 10.3. The Labute approximate surface area is 49.6 Å². The Kier molecular flexibility index (Phi) is 4.95. The molecule has 0 saturated carbocycles. The Bertz CT molecular complexity index is 45.7. The van der Waals surface area contributed by atoms with Gasteiger partial charge in [0.2, 0.25) is 0 Å². The summed E-state index contributed by atoms with van der Waals surface area (Å²) in [6.45, 7) is 2.51. The van der Waals surface area contributed by atoms with E-state index in [0.29, 0.717) is 6.54 Å². The smallest absolute Gasteiger partial charge is 0.0716 e. The van der Waals surface area contributed by atoms with Crippen LogP contribution in [-0.2, 0) is 4.74 Å². The lowest BCUT2D eigenvalue weighted by Gasteiger charge is -2.09. The Morgan fingerprint density at radius 3 is 2.50 bits per heavy atom. The number of nitrogens with one attached hydrogen (secondary N) is 1. The van der Waals surface area contributed by atoms with E-state index >= 15 is 0 Å². The van der Waals surface area contributed by atoms with Gasteiger partial charge in [0.05, 0.1) is 6.10 Å². The zero-order valence-corrected chi connectivity index (χ0v) is 5.35. The van der Waals surface area contributed by atoms with Crippen molar-refractivity contribution in [2.45, 2.75) is 19.4 Å². The van der Waals surface area contributed by atoms with Crippen LogP contribution in [0.5, 0.6) is 0 Å². The van der Waals surface area contributed by atoms with Crippen molar-refractivity contribution in [3.05, 3.63) is 0 Å². The molecule has 0 saturated heterocycles. The lowest BCUT2D eigenvalue weighted by Crippen LogP contribution is -2.24. The number of ether oxygens (including phenoxy) is 1. The molecule has 3 heteroatoms. The molecule has 0 fully saturated rings. The molecular weight excluding hydrogens is 106 g/mol. The number of methoxy groups -OCH3 is 1. The van der Waals surface area contributed by atoms with Crippen LogP contribution in [0.3, 0.4) is 0 Å². The average molecular weight is 119 g/mol. The first-order valence-corrected chi connectivity index (χ1v) is 2.74. The van der Waals surface area contributed by atoms with E-state index in [0.717, 1.165) is 6.42 Å². The zero-order valence-electron chi connectivity index (χ0n) is 5.35. The molecule has 0 aliphatic heterocycles. The van der Waals surface area contributed by atoms with E-state index in [9.17, 15) is 0 Å². The highest BCUT2D eigenvalue weighted by atomic mass is 16.5. The topological polar surface area (TPSA) is 41.5 Å². The molecule has 1 atom stereocenters. The van der Waals surface area contributed by atoms with E-state index < -0.39 is 0 Å². The fourth-order valence-electron chi connectivity index (χ4n) is 0.496. The van der Waals surface area contributed by atoms with E-state index in [1.54, 1.807) is 7.11 Å². The van der Waals surface area contributed by atoms with Crippen molar-refractivity contribution in [3.8, 4) is 0 Å². The highest BCUT2D eigenvalue weighted by Crippen LogP contribution is 1.91. The minimum atomic E-state index is 0.139. The summed E-state index contributed by atoms with van der Waals surface area (Å²) in [5.74, 6) is 0. The van der Waals surface area contributed by atoms with Crippen LogP contribution in [-0.4, -0.2) is 25.0 Å². The molecule has 0 amide bonds. The maximum atomic E-state index is 8.17. The van der Waals surface area contributed by atoms with Gasteiger partial charge in [-0.05, 0) is 6.42 Å². The summed E-state index contributed by atoms with van der Waals surface area (Å²) in [6.07, 6.45) is 1.06. The molecule has 50 valence electrons. The Hall–Kier alpha value is -0.120. The van der Waals surface area contributed by atoms with Gasteiger partial charge in [-0.3, -0.25) is 0 Å². The molecule has 0 aliphatic carbocycles.